The van der Waals surface area contributed by atoms with Gasteiger partial charge in [0.2, 0.25) is 0 Å². The summed E-state index contributed by atoms with van der Waals surface area (Å²) in [5, 5.41) is 0. The topological polar surface area (TPSA) is 75.7 Å². The third kappa shape index (κ3) is 5.76. The second kappa shape index (κ2) is 6.87. The Labute approximate surface area is 122 Å². The molecule has 0 saturated carbocycles. The Bertz CT molecular complexity index is 420. The number of nitrogens with zero attached hydrogens (tertiary/aromatic N) is 1. The quantitative estimate of drug-likeness (QED) is 0.797. The highest BCUT2D eigenvalue weighted by Gasteiger charge is 2.29. The van der Waals surface area contributed by atoms with Crippen LogP contribution in [-0.4, -0.2) is 43.4 Å². The minimum absolute atomic E-state index is 0.510. The molecule has 0 aromatic heterocycles. The molecule has 1 saturated heterocycles. The average Bonchev–Trinajstić information content (AvgIpc) is 2.54. The molecule has 0 amide bonds. The number of hydrogen-bond acceptors (Lipinski definition) is 4. The maximum Gasteiger partial charge on any atom is 0.324 e. The van der Waals surface area contributed by atoms with Crippen molar-refractivity contribution in [1.82, 2.24) is 9.03 Å². The van der Waals surface area contributed by atoms with Gasteiger partial charge >= 0.3 is 5.97 Å². The lowest BCUT2D eigenvalue weighted by molar-refractivity contribution is -0.156. The largest absolute Gasteiger partial charge is 0.459 e. The first-order valence-electron chi connectivity index (χ1n) is 7.12. The van der Waals surface area contributed by atoms with Crippen molar-refractivity contribution in [2.75, 3.05) is 13.1 Å². The van der Waals surface area contributed by atoms with Crippen molar-refractivity contribution in [3.8, 4) is 0 Å². The van der Waals surface area contributed by atoms with Crippen LogP contribution in [0.3, 0.4) is 0 Å². The van der Waals surface area contributed by atoms with E-state index in [0.29, 0.717) is 13.1 Å². The van der Waals surface area contributed by atoms with Crippen molar-refractivity contribution >= 4 is 16.2 Å². The van der Waals surface area contributed by atoms with Crippen LogP contribution >= 0.6 is 0 Å². The summed E-state index contributed by atoms with van der Waals surface area (Å²) in [5.41, 5.74) is -0.626. The highest BCUT2D eigenvalue weighted by Crippen LogP contribution is 2.13. The number of carbonyl (C=O) groups excluding carboxylic acids is 1. The zero-order valence-corrected chi connectivity index (χ0v) is 13.6. The summed E-state index contributed by atoms with van der Waals surface area (Å²) in [7, 11) is -3.62. The Morgan fingerprint density at radius 2 is 1.65 bits per heavy atom. The number of carbonyl (C=O) groups is 1. The van der Waals surface area contributed by atoms with Crippen LogP contribution in [0.1, 0.15) is 53.4 Å². The van der Waals surface area contributed by atoms with Crippen molar-refractivity contribution in [3.63, 3.8) is 0 Å². The van der Waals surface area contributed by atoms with Gasteiger partial charge in [0.25, 0.3) is 10.2 Å². The van der Waals surface area contributed by atoms with Gasteiger partial charge in [-0.1, -0.05) is 12.8 Å². The Hall–Kier alpha value is -0.660. The van der Waals surface area contributed by atoms with Gasteiger partial charge in [-0.05, 0) is 40.5 Å². The van der Waals surface area contributed by atoms with Crippen LogP contribution in [-0.2, 0) is 19.7 Å². The molecule has 6 nitrogen and oxygen atoms in total. The smallest absolute Gasteiger partial charge is 0.324 e. The molecule has 7 heteroatoms. The van der Waals surface area contributed by atoms with Gasteiger partial charge in [0.15, 0.2) is 0 Å². The van der Waals surface area contributed by atoms with Crippen molar-refractivity contribution in [2.24, 2.45) is 0 Å². The van der Waals surface area contributed by atoms with Crippen LogP contribution in [0.4, 0.5) is 0 Å². The first-order chi connectivity index (χ1) is 9.12. The third-order valence-corrected chi connectivity index (χ3v) is 4.69. The molecule has 1 aliphatic rings. The number of ether oxygens (including phenoxy) is 1. The summed E-state index contributed by atoms with van der Waals surface area (Å²) in [4.78, 5) is 11.8. The zero-order valence-electron chi connectivity index (χ0n) is 12.8. The molecule has 1 N–H and O–H groups in total. The fourth-order valence-corrected chi connectivity index (χ4v) is 3.45. The Kier molecular flexibility index (Phi) is 5.97. The second-order valence-electron chi connectivity index (χ2n) is 6.19. The van der Waals surface area contributed by atoms with E-state index in [1.807, 2.05) is 0 Å². The predicted molar refractivity (Wildman–Crippen MR) is 77.4 cm³/mol. The molecule has 0 aliphatic carbocycles. The maximum absolute atomic E-state index is 12.2. The number of rotatable bonds is 4. The fraction of sp³-hybridized carbons (Fsp3) is 0.923. The van der Waals surface area contributed by atoms with Crippen molar-refractivity contribution in [1.29, 1.82) is 0 Å². The van der Waals surface area contributed by atoms with E-state index >= 15 is 0 Å². The standard InChI is InChI=1S/C13H26N2O4S/c1-11(12(16)19-13(2,3)4)14-20(17,18)15-9-7-5-6-8-10-15/h11,14H,5-10H2,1-4H3/t11-/m1/s1. The Morgan fingerprint density at radius 1 is 1.15 bits per heavy atom. The van der Waals surface area contributed by atoms with Crippen molar-refractivity contribution < 1.29 is 17.9 Å². The summed E-state index contributed by atoms with van der Waals surface area (Å²) < 4.78 is 33.4. The van der Waals surface area contributed by atoms with E-state index in [1.54, 1.807) is 20.8 Å². The monoisotopic (exact) mass is 306 g/mol. The average molecular weight is 306 g/mol. The van der Waals surface area contributed by atoms with Crippen LogP contribution in [0.2, 0.25) is 0 Å². The molecule has 1 rings (SSSR count). The summed E-state index contributed by atoms with van der Waals surface area (Å²) in [5.74, 6) is -0.559. The summed E-state index contributed by atoms with van der Waals surface area (Å²) >= 11 is 0. The van der Waals surface area contributed by atoms with Gasteiger partial charge in [0.05, 0.1) is 0 Å². The van der Waals surface area contributed by atoms with Gasteiger partial charge in [-0.2, -0.15) is 17.4 Å². The van der Waals surface area contributed by atoms with Crippen LogP contribution in [0.25, 0.3) is 0 Å². The van der Waals surface area contributed by atoms with Crippen LogP contribution in [0.5, 0.6) is 0 Å². The molecule has 1 atom stereocenters. The van der Waals surface area contributed by atoms with Gasteiger partial charge in [-0.25, -0.2) is 0 Å². The lowest BCUT2D eigenvalue weighted by Crippen LogP contribution is -2.48. The zero-order chi connectivity index (χ0) is 15.4. The van der Waals surface area contributed by atoms with Crippen molar-refractivity contribution in [3.05, 3.63) is 0 Å². The summed E-state index contributed by atoms with van der Waals surface area (Å²) in [6, 6.07) is -0.887. The molecule has 0 spiro atoms. The Balaban J connectivity index is 2.62. The molecule has 1 fully saturated rings. The van der Waals surface area contributed by atoms with E-state index in [9.17, 15) is 13.2 Å². The molecule has 1 aliphatic heterocycles. The molecule has 0 unspecified atom stereocenters. The molecule has 1 heterocycles. The van der Waals surface area contributed by atoms with E-state index < -0.39 is 27.8 Å². The van der Waals surface area contributed by atoms with Gasteiger partial charge in [0, 0.05) is 13.1 Å². The highest BCUT2D eigenvalue weighted by molar-refractivity contribution is 7.87. The van der Waals surface area contributed by atoms with Gasteiger partial charge in [-0.15, -0.1) is 0 Å². The van der Waals surface area contributed by atoms with Crippen LogP contribution in [0, 0.1) is 0 Å². The molecule has 20 heavy (non-hydrogen) atoms. The third-order valence-electron chi connectivity index (χ3n) is 2.99. The minimum Gasteiger partial charge on any atom is -0.459 e. The molecule has 0 bridgehead atoms. The summed E-state index contributed by atoms with van der Waals surface area (Å²) in [6.45, 7) is 7.78. The number of esters is 1. The van der Waals surface area contributed by atoms with Gasteiger partial charge in [-0.3, -0.25) is 4.79 Å². The lowest BCUT2D eigenvalue weighted by atomic mass is 10.2. The lowest BCUT2D eigenvalue weighted by Gasteiger charge is -2.25. The molecule has 118 valence electrons. The van der Waals surface area contributed by atoms with E-state index in [-0.39, 0.29) is 0 Å². The van der Waals surface area contributed by atoms with Crippen LogP contribution < -0.4 is 4.72 Å². The summed E-state index contributed by atoms with van der Waals surface area (Å²) in [6.07, 6.45) is 3.82. The molecular weight excluding hydrogens is 280 g/mol. The van der Waals surface area contributed by atoms with Gasteiger partial charge in [0.1, 0.15) is 11.6 Å². The molecule has 0 radical (unpaired) electrons. The normalized spacial score (nSPS) is 20.2. The second-order valence-corrected chi connectivity index (χ2v) is 7.89. The SMILES string of the molecule is C[C@@H](NS(=O)(=O)N1CCCCCC1)C(=O)OC(C)(C)C. The first-order valence-corrected chi connectivity index (χ1v) is 8.56. The van der Waals surface area contributed by atoms with E-state index in [4.69, 9.17) is 4.74 Å². The molecule has 0 aromatic carbocycles. The predicted octanol–water partition coefficient (Wildman–Crippen LogP) is 1.43. The van der Waals surface area contributed by atoms with E-state index in [2.05, 4.69) is 4.72 Å². The highest BCUT2D eigenvalue weighted by atomic mass is 32.2. The van der Waals surface area contributed by atoms with E-state index in [1.165, 1.54) is 11.2 Å². The van der Waals surface area contributed by atoms with Gasteiger partial charge < -0.3 is 4.74 Å². The fourth-order valence-electron chi connectivity index (χ4n) is 2.02. The molecular formula is C13H26N2O4S. The maximum atomic E-state index is 12.2. The Morgan fingerprint density at radius 3 is 2.10 bits per heavy atom. The number of nitrogens with one attached hydrogen (secondary N) is 1. The first kappa shape index (κ1) is 17.4. The van der Waals surface area contributed by atoms with E-state index in [0.717, 1.165) is 25.7 Å². The molecule has 0 aromatic rings. The minimum atomic E-state index is -3.62. The number of hydrogen-bond donors (Lipinski definition) is 1. The van der Waals surface area contributed by atoms with Crippen molar-refractivity contribution in [2.45, 2.75) is 65.0 Å². The van der Waals surface area contributed by atoms with Crippen LogP contribution in [0.15, 0.2) is 0 Å².